The number of thiophene rings is 1. The molecule has 0 unspecified atom stereocenters. The number of hydrogen-bond donors (Lipinski definition) is 2. The third-order valence-corrected chi connectivity index (χ3v) is 10.6. The molecular formula is C36H40N4O5S. The number of aromatic nitrogens is 2. The van der Waals surface area contributed by atoms with Gasteiger partial charge in [0.15, 0.2) is 0 Å². The number of carbonyl (C=O) groups excluding carboxylic acids is 1. The second-order valence-corrected chi connectivity index (χ2v) is 13.6. The lowest BCUT2D eigenvalue weighted by Crippen LogP contribution is -2.41. The van der Waals surface area contributed by atoms with Gasteiger partial charge < -0.3 is 24.1 Å². The lowest BCUT2D eigenvalue weighted by atomic mass is 9.83. The number of nitrogens with one attached hydrogen (secondary N) is 1. The Morgan fingerprint density at radius 2 is 1.85 bits per heavy atom. The van der Waals surface area contributed by atoms with E-state index in [9.17, 15) is 14.7 Å². The summed E-state index contributed by atoms with van der Waals surface area (Å²) in [7, 11) is 0. The molecule has 46 heavy (non-hydrogen) atoms. The number of hydrogen-bond acceptors (Lipinski definition) is 7. The van der Waals surface area contributed by atoms with E-state index in [0.29, 0.717) is 17.3 Å². The number of amides is 1. The van der Waals surface area contributed by atoms with Gasteiger partial charge in [-0.15, -0.1) is 11.3 Å². The number of nitrogens with zero attached hydrogens (tertiary/aromatic N) is 3. The molecule has 240 valence electrons. The molecule has 1 aliphatic carbocycles. The zero-order valence-corrected chi connectivity index (χ0v) is 27.3. The molecule has 0 spiro atoms. The number of aromatic carboxylic acids is 1. The van der Waals surface area contributed by atoms with Gasteiger partial charge in [0.05, 0.1) is 40.3 Å². The quantitative estimate of drug-likeness (QED) is 0.179. The van der Waals surface area contributed by atoms with Gasteiger partial charge in [-0.25, -0.2) is 9.78 Å². The molecular weight excluding hydrogens is 600 g/mol. The monoisotopic (exact) mass is 640 g/mol. The van der Waals surface area contributed by atoms with Crippen LogP contribution in [0, 0.1) is 13.8 Å². The Morgan fingerprint density at radius 1 is 1.04 bits per heavy atom. The minimum absolute atomic E-state index is 0.0810. The molecule has 0 bridgehead atoms. The summed E-state index contributed by atoms with van der Waals surface area (Å²) in [6.07, 6.45) is 5.62. The summed E-state index contributed by atoms with van der Waals surface area (Å²) in [5, 5.41) is 14.1. The first-order valence-electron chi connectivity index (χ1n) is 16.3. The Balaban J connectivity index is 1.29. The van der Waals surface area contributed by atoms with E-state index >= 15 is 0 Å². The maximum absolute atomic E-state index is 13.5. The van der Waals surface area contributed by atoms with E-state index in [2.05, 4.69) is 39.0 Å². The van der Waals surface area contributed by atoms with Gasteiger partial charge in [0.2, 0.25) is 5.91 Å². The van der Waals surface area contributed by atoms with Crippen molar-refractivity contribution in [3.8, 4) is 22.5 Å². The van der Waals surface area contributed by atoms with E-state index in [1.807, 2.05) is 26.0 Å². The minimum atomic E-state index is -0.936. The van der Waals surface area contributed by atoms with Gasteiger partial charge in [0.25, 0.3) is 0 Å². The Bertz CT molecular complexity index is 1910. The predicted octanol–water partition coefficient (Wildman–Crippen LogP) is 6.99. The van der Waals surface area contributed by atoms with Crippen LogP contribution >= 0.6 is 11.3 Å². The van der Waals surface area contributed by atoms with Crippen LogP contribution in [0.2, 0.25) is 0 Å². The fourth-order valence-corrected chi connectivity index (χ4v) is 8.31. The summed E-state index contributed by atoms with van der Waals surface area (Å²) in [6.45, 7) is 8.52. The normalized spacial score (nSPS) is 16.4. The summed E-state index contributed by atoms with van der Waals surface area (Å²) < 4.78 is 14.3. The van der Waals surface area contributed by atoms with Crippen molar-refractivity contribution in [2.24, 2.45) is 0 Å². The van der Waals surface area contributed by atoms with Gasteiger partial charge in [-0.1, -0.05) is 31.4 Å². The molecule has 2 N–H and O–H groups in total. The van der Waals surface area contributed by atoms with Gasteiger partial charge in [-0.3, -0.25) is 9.69 Å². The van der Waals surface area contributed by atoms with E-state index in [-0.39, 0.29) is 12.5 Å². The van der Waals surface area contributed by atoms with Crippen LogP contribution in [-0.2, 0) is 16.1 Å². The van der Waals surface area contributed by atoms with E-state index in [1.165, 1.54) is 23.3 Å². The van der Waals surface area contributed by atoms with Crippen molar-refractivity contribution in [2.75, 3.05) is 39.4 Å². The van der Waals surface area contributed by atoms with Crippen LogP contribution in [0.3, 0.4) is 0 Å². The molecule has 1 saturated carbocycles. The largest absolute Gasteiger partial charge is 0.477 e. The van der Waals surface area contributed by atoms with Crippen molar-refractivity contribution in [3.63, 3.8) is 0 Å². The highest BCUT2D eigenvalue weighted by Crippen LogP contribution is 2.47. The van der Waals surface area contributed by atoms with E-state index < -0.39 is 5.97 Å². The number of carboxylic acids is 1. The standard InChI is InChI=1S/C36H40N4O5S/c1-22-18-27(23(2)45-22)29-11-8-25-19-26(9-10-28(25)38-29)34-33(24-6-4-3-5-7-24)35-30(20-31(46-35)36(42)43)40(34)21-32(41)37-12-13-39-14-16-44-17-15-39/h8-11,18-20,24H,3-7,12-17,21H2,1-2H3,(H,37,41)(H,42,43). The number of benzene rings is 1. The van der Waals surface area contributed by atoms with Crippen LogP contribution in [0.1, 0.15) is 64.8 Å². The third kappa shape index (κ3) is 6.09. The number of rotatable bonds is 9. The van der Waals surface area contributed by atoms with Gasteiger partial charge in [0.1, 0.15) is 22.9 Å². The zero-order chi connectivity index (χ0) is 31.8. The second kappa shape index (κ2) is 13.0. The van der Waals surface area contributed by atoms with Crippen LogP contribution < -0.4 is 5.32 Å². The van der Waals surface area contributed by atoms with Crippen molar-refractivity contribution in [1.29, 1.82) is 0 Å². The zero-order valence-electron chi connectivity index (χ0n) is 26.4. The summed E-state index contributed by atoms with van der Waals surface area (Å²) in [4.78, 5) is 33.2. The number of fused-ring (bicyclic) bond motifs is 2. The number of pyridine rings is 1. The van der Waals surface area contributed by atoms with Gasteiger partial charge >= 0.3 is 5.97 Å². The van der Waals surface area contributed by atoms with Crippen LogP contribution in [0.25, 0.3) is 43.6 Å². The van der Waals surface area contributed by atoms with Gasteiger partial charge in [-0.05, 0) is 74.1 Å². The van der Waals surface area contributed by atoms with Crippen LogP contribution in [-0.4, -0.2) is 70.8 Å². The Morgan fingerprint density at radius 3 is 2.59 bits per heavy atom. The summed E-state index contributed by atoms with van der Waals surface area (Å²) in [5.74, 6) is 0.995. The summed E-state index contributed by atoms with van der Waals surface area (Å²) in [5.41, 5.74) is 6.78. The van der Waals surface area contributed by atoms with Crippen molar-refractivity contribution >= 4 is 44.3 Å². The highest BCUT2D eigenvalue weighted by molar-refractivity contribution is 7.21. The molecule has 10 heteroatoms. The highest BCUT2D eigenvalue weighted by Gasteiger charge is 2.30. The Labute approximate surface area is 272 Å². The average Bonchev–Trinajstić information content (AvgIpc) is 3.73. The first kappa shape index (κ1) is 30.7. The summed E-state index contributed by atoms with van der Waals surface area (Å²) in [6, 6.07) is 14.2. The van der Waals surface area contributed by atoms with Crippen molar-refractivity contribution in [2.45, 2.75) is 58.4 Å². The second-order valence-electron chi connectivity index (χ2n) is 12.5. The fraction of sp³-hybridized carbons (Fsp3) is 0.417. The number of furan rings is 1. The molecule has 7 rings (SSSR count). The Hall–Kier alpha value is -3.99. The molecule has 1 amide bonds. The van der Waals surface area contributed by atoms with Crippen LogP contribution in [0.4, 0.5) is 0 Å². The van der Waals surface area contributed by atoms with Gasteiger partial charge in [0, 0.05) is 37.1 Å². The first-order valence-corrected chi connectivity index (χ1v) is 17.1. The maximum atomic E-state index is 13.5. The van der Waals surface area contributed by atoms with E-state index in [4.69, 9.17) is 14.1 Å². The minimum Gasteiger partial charge on any atom is -0.477 e. The lowest BCUT2D eigenvalue weighted by Gasteiger charge is -2.26. The SMILES string of the molecule is Cc1cc(-c2ccc3cc(-c4c(C5CCCCC5)c5sc(C(=O)O)cc5n4CC(=O)NCCN4CCOCC4)ccc3n2)c(C)o1. The third-order valence-electron chi connectivity index (χ3n) is 9.43. The fourth-order valence-electron chi connectivity index (χ4n) is 7.18. The molecule has 0 atom stereocenters. The van der Waals surface area contributed by atoms with Crippen molar-refractivity contribution in [1.82, 2.24) is 19.8 Å². The predicted molar refractivity (Wildman–Crippen MR) is 181 cm³/mol. The first-order chi connectivity index (χ1) is 22.4. The molecule has 9 nitrogen and oxygen atoms in total. The number of aryl methyl sites for hydroxylation is 2. The molecule has 4 aromatic heterocycles. The average molecular weight is 641 g/mol. The molecule has 5 heterocycles. The van der Waals surface area contributed by atoms with Crippen molar-refractivity contribution in [3.05, 3.63) is 64.4 Å². The molecule has 0 radical (unpaired) electrons. The molecule has 5 aromatic rings. The molecule has 1 aliphatic heterocycles. The number of morpholine rings is 1. The number of carbonyl (C=O) groups is 2. The topological polar surface area (TPSA) is 110 Å². The molecule has 1 saturated heterocycles. The van der Waals surface area contributed by atoms with E-state index in [0.717, 1.165) is 114 Å². The Kier molecular flexibility index (Phi) is 8.68. The van der Waals surface area contributed by atoms with Crippen LogP contribution in [0.15, 0.2) is 46.9 Å². The molecule has 2 fully saturated rings. The molecule has 2 aliphatic rings. The summed E-state index contributed by atoms with van der Waals surface area (Å²) >= 11 is 1.33. The van der Waals surface area contributed by atoms with Crippen LogP contribution in [0.5, 0.6) is 0 Å². The number of ether oxygens (including phenoxy) is 1. The van der Waals surface area contributed by atoms with Crippen molar-refractivity contribution < 1.29 is 23.8 Å². The van der Waals surface area contributed by atoms with E-state index in [1.54, 1.807) is 6.07 Å². The highest BCUT2D eigenvalue weighted by atomic mass is 32.1. The molecule has 1 aromatic carbocycles. The number of carboxylic acid groups (broad SMARTS) is 1. The smallest absolute Gasteiger partial charge is 0.345 e. The maximum Gasteiger partial charge on any atom is 0.345 e. The lowest BCUT2D eigenvalue weighted by molar-refractivity contribution is -0.121. The van der Waals surface area contributed by atoms with Gasteiger partial charge in [-0.2, -0.15) is 0 Å².